The predicted molar refractivity (Wildman–Crippen MR) is 122 cm³/mol. The number of quaternary nitrogens is 1. The Morgan fingerprint density at radius 2 is 2.00 bits per heavy atom. The van der Waals surface area contributed by atoms with Gasteiger partial charge in [0, 0.05) is 24.9 Å². The number of nitrogens with one attached hydrogen (secondary N) is 1. The number of para-hydroxylation sites is 1. The molecule has 1 N–H and O–H groups in total. The number of benzene rings is 2. The van der Waals surface area contributed by atoms with Crippen LogP contribution in [0.4, 0.5) is 0 Å². The van der Waals surface area contributed by atoms with Crippen molar-refractivity contribution in [3.8, 4) is 0 Å². The fraction of sp³-hybridized carbons (Fsp3) is 0.391. The molecule has 1 aliphatic heterocycles. The maximum Gasteiger partial charge on any atom is 0.277 e. The van der Waals surface area contributed by atoms with Gasteiger partial charge in [-0.25, -0.2) is 4.98 Å². The quantitative estimate of drug-likeness (QED) is 0.610. The van der Waals surface area contributed by atoms with E-state index < -0.39 is 0 Å². The van der Waals surface area contributed by atoms with E-state index in [1.165, 1.54) is 37.9 Å². The topological polar surface area (TPSA) is 37.6 Å². The minimum atomic E-state index is 0.210. The first-order valence-corrected chi connectivity index (χ1v) is 12.2. The van der Waals surface area contributed by atoms with Crippen molar-refractivity contribution >= 4 is 39.2 Å². The first-order valence-electron chi connectivity index (χ1n) is 10.2. The molecule has 6 heteroatoms. The van der Waals surface area contributed by atoms with Gasteiger partial charge in [-0.3, -0.25) is 4.79 Å². The zero-order valence-electron chi connectivity index (χ0n) is 17.1. The molecule has 1 saturated heterocycles. The third kappa shape index (κ3) is 4.82. The highest BCUT2D eigenvalue weighted by Crippen LogP contribution is 2.28. The fourth-order valence-electron chi connectivity index (χ4n) is 4.05. The van der Waals surface area contributed by atoms with Gasteiger partial charge in [-0.05, 0) is 48.9 Å². The van der Waals surface area contributed by atoms with Crippen molar-refractivity contribution in [2.24, 2.45) is 0 Å². The molecule has 1 amide bonds. The van der Waals surface area contributed by atoms with Crippen LogP contribution in [0.3, 0.4) is 0 Å². The van der Waals surface area contributed by atoms with E-state index in [0.29, 0.717) is 19.1 Å². The third-order valence-corrected chi connectivity index (χ3v) is 7.62. The van der Waals surface area contributed by atoms with Gasteiger partial charge in [0.15, 0.2) is 11.6 Å². The van der Waals surface area contributed by atoms with Crippen LogP contribution < -0.4 is 4.90 Å². The monoisotopic (exact) mass is 426 g/mol. The molecule has 1 aromatic heterocycles. The molecule has 4 rings (SSSR count). The van der Waals surface area contributed by atoms with Gasteiger partial charge in [-0.15, -0.1) is 23.1 Å². The molecule has 2 aromatic carbocycles. The number of carbonyl (C=O) groups excluding carboxylic acids is 1. The average Bonchev–Trinajstić information content (AvgIpc) is 3.18. The molecular formula is C23H28N3OS2+. The Kier molecular flexibility index (Phi) is 6.53. The number of carbonyl (C=O) groups is 1. The van der Waals surface area contributed by atoms with Crippen LogP contribution >= 0.6 is 23.1 Å². The minimum absolute atomic E-state index is 0.210. The van der Waals surface area contributed by atoms with E-state index in [2.05, 4.69) is 48.7 Å². The summed E-state index contributed by atoms with van der Waals surface area (Å²) in [4.78, 5) is 22.3. The molecule has 2 heterocycles. The molecule has 0 radical (unpaired) electrons. The largest absolute Gasteiger partial charge is 0.337 e. The number of fused-ring (bicyclic) bond motifs is 1. The van der Waals surface area contributed by atoms with E-state index in [1.807, 2.05) is 18.0 Å². The first kappa shape index (κ1) is 20.4. The van der Waals surface area contributed by atoms with Gasteiger partial charge in [0.25, 0.3) is 5.91 Å². The number of likely N-dealkylation sites (tertiary alicyclic amines) is 1. The molecule has 1 unspecified atom stereocenters. The lowest BCUT2D eigenvalue weighted by molar-refractivity contribution is -0.929. The summed E-state index contributed by atoms with van der Waals surface area (Å²) in [5, 5.41) is 1.18. The average molecular weight is 427 g/mol. The number of hydrogen-bond donors (Lipinski definition) is 1. The van der Waals surface area contributed by atoms with Gasteiger partial charge in [0.1, 0.15) is 6.04 Å². The number of nitrogens with zero attached hydrogens (tertiary/aromatic N) is 2. The van der Waals surface area contributed by atoms with Crippen molar-refractivity contribution in [3.05, 3.63) is 59.1 Å². The van der Waals surface area contributed by atoms with Gasteiger partial charge in [-0.2, -0.15) is 0 Å². The third-order valence-electron chi connectivity index (χ3n) is 5.72. The number of rotatable bonds is 6. The van der Waals surface area contributed by atoms with Gasteiger partial charge in [0.05, 0.1) is 16.8 Å². The van der Waals surface area contributed by atoms with Crippen LogP contribution in [-0.2, 0) is 11.3 Å². The molecule has 1 aliphatic rings. The number of amides is 1. The number of piperidine rings is 1. The van der Waals surface area contributed by atoms with Crippen LogP contribution in [0.15, 0.2) is 53.4 Å². The Morgan fingerprint density at radius 1 is 1.21 bits per heavy atom. The van der Waals surface area contributed by atoms with Gasteiger partial charge >= 0.3 is 0 Å². The lowest BCUT2D eigenvalue weighted by atomic mass is 10.0. The summed E-state index contributed by atoms with van der Waals surface area (Å²) < 4.78 is 1.24. The molecule has 0 saturated carbocycles. The molecular weight excluding hydrogens is 398 g/mol. The van der Waals surface area contributed by atoms with E-state index >= 15 is 0 Å². The first-order chi connectivity index (χ1) is 14.1. The van der Waals surface area contributed by atoms with Crippen molar-refractivity contribution in [1.82, 2.24) is 9.88 Å². The minimum Gasteiger partial charge on any atom is -0.337 e. The summed E-state index contributed by atoms with van der Waals surface area (Å²) >= 11 is 3.53. The zero-order valence-corrected chi connectivity index (χ0v) is 18.7. The van der Waals surface area contributed by atoms with Crippen LogP contribution in [0.1, 0.15) is 35.9 Å². The Balaban J connectivity index is 1.43. The molecule has 3 aromatic rings. The van der Waals surface area contributed by atoms with E-state index in [1.54, 1.807) is 23.1 Å². The van der Waals surface area contributed by atoms with Crippen LogP contribution in [0, 0.1) is 0 Å². The summed E-state index contributed by atoms with van der Waals surface area (Å²) in [6.07, 6.45) is 5.59. The van der Waals surface area contributed by atoms with E-state index in [9.17, 15) is 4.79 Å². The standard InChI is InChI=1S/C23H27N3OS2/c1-25(15-17-10-12-18(28-2)13-11-17)22(27)16-26-14-6-5-8-20(26)23-24-19-7-3-4-9-21(19)29-23/h3-4,7,9-13,20H,5-6,8,14-16H2,1-2H3/p+1/t20-/m1/s1. The van der Waals surface area contributed by atoms with Crippen molar-refractivity contribution in [1.29, 1.82) is 0 Å². The van der Waals surface area contributed by atoms with Gasteiger partial charge in [0.2, 0.25) is 0 Å². The number of likely N-dealkylation sites (N-methyl/N-ethyl adjacent to an activating group) is 1. The molecule has 0 bridgehead atoms. The summed E-state index contributed by atoms with van der Waals surface area (Å²) in [6.45, 7) is 2.25. The Morgan fingerprint density at radius 3 is 2.76 bits per heavy atom. The van der Waals surface area contributed by atoms with Crippen molar-refractivity contribution in [2.45, 2.75) is 36.7 Å². The molecule has 152 valence electrons. The summed E-state index contributed by atoms with van der Waals surface area (Å²) in [5.41, 5.74) is 2.25. The second kappa shape index (κ2) is 9.28. The number of thiazole rings is 1. The number of hydrogen-bond acceptors (Lipinski definition) is 4. The number of aromatic nitrogens is 1. The molecule has 1 fully saturated rings. The van der Waals surface area contributed by atoms with E-state index in [0.717, 1.165) is 18.5 Å². The SMILES string of the molecule is CSc1ccc(CN(C)C(=O)C[NH+]2CCCC[C@@H]2c2nc3ccccc3s2)cc1. The Labute approximate surface area is 180 Å². The van der Waals surface area contributed by atoms with Crippen LogP contribution in [-0.4, -0.2) is 42.2 Å². The van der Waals surface area contributed by atoms with Crippen LogP contribution in [0.25, 0.3) is 10.2 Å². The van der Waals surface area contributed by atoms with E-state index in [4.69, 9.17) is 4.98 Å². The molecule has 0 aliphatic carbocycles. The highest BCUT2D eigenvalue weighted by atomic mass is 32.2. The predicted octanol–water partition coefficient (Wildman–Crippen LogP) is 3.79. The van der Waals surface area contributed by atoms with Crippen molar-refractivity contribution in [2.75, 3.05) is 26.4 Å². The number of thioether (sulfide) groups is 1. The normalized spacial score (nSPS) is 19.4. The van der Waals surface area contributed by atoms with Crippen molar-refractivity contribution < 1.29 is 9.69 Å². The second-order valence-corrected chi connectivity index (χ2v) is 9.69. The van der Waals surface area contributed by atoms with Crippen LogP contribution in [0.5, 0.6) is 0 Å². The van der Waals surface area contributed by atoms with Crippen molar-refractivity contribution in [3.63, 3.8) is 0 Å². The second-order valence-electron chi connectivity index (χ2n) is 7.75. The summed E-state index contributed by atoms with van der Waals surface area (Å²) in [5.74, 6) is 0.210. The lowest BCUT2D eigenvalue weighted by Gasteiger charge is -2.32. The molecule has 2 atom stereocenters. The maximum absolute atomic E-state index is 13.0. The summed E-state index contributed by atoms with van der Waals surface area (Å²) in [7, 11) is 1.92. The highest BCUT2D eigenvalue weighted by Gasteiger charge is 2.32. The van der Waals surface area contributed by atoms with Gasteiger partial charge < -0.3 is 9.80 Å². The molecule has 0 spiro atoms. The van der Waals surface area contributed by atoms with Gasteiger partial charge in [-0.1, -0.05) is 24.3 Å². The molecule has 29 heavy (non-hydrogen) atoms. The Hall–Kier alpha value is -1.89. The molecule has 4 nitrogen and oxygen atoms in total. The smallest absolute Gasteiger partial charge is 0.277 e. The van der Waals surface area contributed by atoms with E-state index in [-0.39, 0.29) is 5.91 Å². The fourth-order valence-corrected chi connectivity index (χ4v) is 5.62. The summed E-state index contributed by atoms with van der Waals surface area (Å²) in [6, 6.07) is 17.1. The maximum atomic E-state index is 13.0. The zero-order chi connectivity index (χ0) is 20.2. The lowest BCUT2D eigenvalue weighted by Crippen LogP contribution is -3.14. The van der Waals surface area contributed by atoms with Crippen LogP contribution in [0.2, 0.25) is 0 Å². The Bertz CT molecular complexity index is 937. The highest BCUT2D eigenvalue weighted by molar-refractivity contribution is 7.98.